The Hall–Kier alpha value is -2.64. The molecule has 0 saturated heterocycles. The predicted molar refractivity (Wildman–Crippen MR) is 99.4 cm³/mol. The first-order valence-electron chi connectivity index (χ1n) is 7.79. The highest BCUT2D eigenvalue weighted by Gasteiger charge is 2.11. The first-order chi connectivity index (χ1) is 12.8. The summed E-state index contributed by atoms with van der Waals surface area (Å²) < 4.78 is 17.7. The number of carbonyl (C=O) groups is 3. The summed E-state index contributed by atoms with van der Waals surface area (Å²) in [6.07, 6.45) is -0.107. The lowest BCUT2D eigenvalue weighted by Crippen LogP contribution is -2.27. The molecule has 0 aliphatic heterocycles. The van der Waals surface area contributed by atoms with Gasteiger partial charge in [-0.25, -0.2) is 4.39 Å². The topological polar surface area (TPSA) is 84.5 Å². The van der Waals surface area contributed by atoms with Crippen molar-refractivity contribution < 1.29 is 23.5 Å². The van der Waals surface area contributed by atoms with Gasteiger partial charge in [-0.15, -0.1) is 0 Å². The number of amides is 2. The summed E-state index contributed by atoms with van der Waals surface area (Å²) in [5, 5.41) is 5.49. The van der Waals surface area contributed by atoms with Crippen molar-refractivity contribution in [2.75, 3.05) is 18.5 Å². The fraction of sp³-hybridized carbons (Fsp3) is 0.167. The zero-order valence-corrected chi connectivity index (χ0v) is 15.4. The number of benzene rings is 2. The predicted octanol–water partition coefficient (Wildman–Crippen LogP) is 3.43. The van der Waals surface area contributed by atoms with Crippen LogP contribution in [0.3, 0.4) is 0 Å². The summed E-state index contributed by atoms with van der Waals surface area (Å²) in [4.78, 5) is 35.2. The van der Waals surface area contributed by atoms with Crippen LogP contribution in [0.25, 0.3) is 0 Å². The molecule has 0 aliphatic carbocycles. The number of rotatable bonds is 7. The molecule has 0 aromatic heterocycles. The average molecular weight is 413 g/mol. The molecule has 0 radical (unpaired) electrons. The molecule has 2 rings (SSSR count). The Balaban J connectivity index is 1.68. The van der Waals surface area contributed by atoms with E-state index < -0.39 is 24.3 Å². The van der Waals surface area contributed by atoms with E-state index in [1.54, 1.807) is 24.3 Å². The Bertz CT molecular complexity index is 844. The minimum Gasteiger partial charge on any atom is -0.456 e. The van der Waals surface area contributed by atoms with E-state index in [-0.39, 0.29) is 29.6 Å². The van der Waals surface area contributed by atoms with Gasteiger partial charge >= 0.3 is 5.97 Å². The number of ether oxygens (including phenoxy) is 1. The summed E-state index contributed by atoms with van der Waals surface area (Å²) >= 11 is 11.5. The van der Waals surface area contributed by atoms with Crippen molar-refractivity contribution in [2.24, 2.45) is 0 Å². The SMILES string of the molecule is O=C(COC(=O)CCNC(=O)c1ccc(Cl)cc1)Nc1ccc(F)cc1Cl. The summed E-state index contributed by atoms with van der Waals surface area (Å²) in [6, 6.07) is 9.75. The van der Waals surface area contributed by atoms with Crippen LogP contribution in [0.4, 0.5) is 10.1 Å². The maximum absolute atomic E-state index is 12.9. The maximum atomic E-state index is 12.9. The van der Waals surface area contributed by atoms with Crippen molar-refractivity contribution >= 4 is 46.7 Å². The smallest absolute Gasteiger partial charge is 0.308 e. The second-order valence-electron chi connectivity index (χ2n) is 5.35. The van der Waals surface area contributed by atoms with Gasteiger partial charge in [0.15, 0.2) is 6.61 Å². The van der Waals surface area contributed by atoms with Crippen molar-refractivity contribution in [3.05, 3.63) is 63.9 Å². The van der Waals surface area contributed by atoms with Crippen molar-refractivity contribution in [1.29, 1.82) is 0 Å². The molecule has 27 heavy (non-hydrogen) atoms. The van der Waals surface area contributed by atoms with Gasteiger partial charge in [-0.2, -0.15) is 0 Å². The largest absolute Gasteiger partial charge is 0.456 e. The molecule has 0 unspecified atom stereocenters. The Morgan fingerprint density at radius 3 is 2.41 bits per heavy atom. The number of carbonyl (C=O) groups excluding carboxylic acids is 3. The van der Waals surface area contributed by atoms with Gasteiger partial charge in [0.2, 0.25) is 0 Å². The van der Waals surface area contributed by atoms with Crippen molar-refractivity contribution in [1.82, 2.24) is 5.32 Å². The van der Waals surface area contributed by atoms with Gasteiger partial charge in [0.25, 0.3) is 11.8 Å². The lowest BCUT2D eigenvalue weighted by Gasteiger charge is -2.08. The summed E-state index contributed by atoms with van der Waals surface area (Å²) in [6.45, 7) is -0.483. The number of nitrogens with one attached hydrogen (secondary N) is 2. The van der Waals surface area contributed by atoms with Crippen LogP contribution >= 0.6 is 23.2 Å². The molecule has 2 N–H and O–H groups in total. The normalized spacial score (nSPS) is 10.2. The summed E-state index contributed by atoms with van der Waals surface area (Å²) in [7, 11) is 0. The molecule has 9 heteroatoms. The highest BCUT2D eigenvalue weighted by atomic mass is 35.5. The van der Waals surface area contributed by atoms with Gasteiger partial charge in [-0.05, 0) is 42.5 Å². The van der Waals surface area contributed by atoms with E-state index >= 15 is 0 Å². The Morgan fingerprint density at radius 2 is 1.74 bits per heavy atom. The highest BCUT2D eigenvalue weighted by molar-refractivity contribution is 6.33. The molecular weight excluding hydrogens is 398 g/mol. The highest BCUT2D eigenvalue weighted by Crippen LogP contribution is 2.22. The molecular formula is C18H15Cl2FN2O4. The molecule has 0 atom stereocenters. The first-order valence-corrected chi connectivity index (χ1v) is 8.55. The average Bonchev–Trinajstić information content (AvgIpc) is 2.63. The Kier molecular flexibility index (Phi) is 7.57. The Labute approximate surface area is 164 Å². The van der Waals surface area contributed by atoms with Crippen LogP contribution in [0.2, 0.25) is 10.0 Å². The molecule has 0 spiro atoms. The number of esters is 1. The lowest BCUT2D eigenvalue weighted by atomic mass is 10.2. The van der Waals surface area contributed by atoms with E-state index in [1.165, 1.54) is 6.07 Å². The van der Waals surface area contributed by atoms with Gasteiger partial charge in [0, 0.05) is 17.1 Å². The van der Waals surface area contributed by atoms with Gasteiger partial charge in [0.05, 0.1) is 17.1 Å². The fourth-order valence-corrected chi connectivity index (χ4v) is 2.32. The van der Waals surface area contributed by atoms with Crippen molar-refractivity contribution in [2.45, 2.75) is 6.42 Å². The van der Waals surface area contributed by atoms with E-state index in [1.807, 2.05) is 0 Å². The molecule has 0 saturated carbocycles. The van der Waals surface area contributed by atoms with Crippen LogP contribution in [0.15, 0.2) is 42.5 Å². The third kappa shape index (κ3) is 6.88. The van der Waals surface area contributed by atoms with E-state index in [2.05, 4.69) is 10.6 Å². The van der Waals surface area contributed by atoms with Crippen LogP contribution < -0.4 is 10.6 Å². The number of halogens is 3. The van der Waals surface area contributed by atoms with E-state index in [0.29, 0.717) is 10.6 Å². The van der Waals surface area contributed by atoms with Gasteiger partial charge in [0.1, 0.15) is 5.82 Å². The van der Waals surface area contributed by atoms with Gasteiger partial charge in [-0.3, -0.25) is 14.4 Å². The number of anilines is 1. The molecule has 2 amide bonds. The van der Waals surface area contributed by atoms with Crippen LogP contribution in [-0.4, -0.2) is 30.9 Å². The van der Waals surface area contributed by atoms with Crippen molar-refractivity contribution in [3.63, 3.8) is 0 Å². The van der Waals surface area contributed by atoms with Gasteiger partial charge in [-0.1, -0.05) is 23.2 Å². The van der Waals surface area contributed by atoms with Crippen LogP contribution in [-0.2, 0) is 14.3 Å². The molecule has 6 nitrogen and oxygen atoms in total. The molecule has 0 aliphatic rings. The minimum absolute atomic E-state index is 0.0274. The molecule has 0 bridgehead atoms. The van der Waals surface area contributed by atoms with E-state index in [4.69, 9.17) is 27.9 Å². The van der Waals surface area contributed by atoms with E-state index in [0.717, 1.165) is 12.1 Å². The lowest BCUT2D eigenvalue weighted by molar-refractivity contribution is -0.147. The molecule has 2 aromatic rings. The summed E-state index contributed by atoms with van der Waals surface area (Å²) in [5.74, 6) is -2.18. The Morgan fingerprint density at radius 1 is 1.04 bits per heavy atom. The zero-order valence-electron chi connectivity index (χ0n) is 13.9. The number of hydrogen-bond donors (Lipinski definition) is 2. The molecule has 0 fully saturated rings. The summed E-state index contributed by atoms with van der Waals surface area (Å²) in [5.41, 5.74) is 0.609. The van der Waals surface area contributed by atoms with Crippen LogP contribution in [0, 0.1) is 5.82 Å². The molecule has 0 heterocycles. The first kappa shape index (κ1) is 20.7. The van der Waals surface area contributed by atoms with Crippen LogP contribution in [0.5, 0.6) is 0 Å². The quantitative estimate of drug-likeness (QED) is 0.682. The minimum atomic E-state index is -0.660. The standard InChI is InChI=1S/C18H15Cl2FN2O4/c19-12-3-1-11(2-4-12)18(26)22-8-7-17(25)27-10-16(24)23-15-6-5-13(21)9-14(15)20/h1-6,9H,7-8,10H2,(H,22,26)(H,23,24). The molecule has 2 aromatic carbocycles. The van der Waals surface area contributed by atoms with Gasteiger partial charge < -0.3 is 15.4 Å². The third-order valence-electron chi connectivity index (χ3n) is 3.29. The second kappa shape index (κ2) is 9.89. The zero-order chi connectivity index (χ0) is 19.8. The van der Waals surface area contributed by atoms with Crippen molar-refractivity contribution in [3.8, 4) is 0 Å². The van der Waals surface area contributed by atoms with E-state index in [9.17, 15) is 18.8 Å². The van der Waals surface area contributed by atoms with Crippen LogP contribution in [0.1, 0.15) is 16.8 Å². The number of hydrogen-bond acceptors (Lipinski definition) is 4. The second-order valence-corrected chi connectivity index (χ2v) is 6.19. The molecule has 142 valence electrons. The maximum Gasteiger partial charge on any atom is 0.308 e. The fourth-order valence-electron chi connectivity index (χ4n) is 1.98. The monoisotopic (exact) mass is 412 g/mol. The third-order valence-corrected chi connectivity index (χ3v) is 3.86.